The van der Waals surface area contributed by atoms with Gasteiger partial charge < -0.3 is 4.57 Å². The van der Waals surface area contributed by atoms with E-state index in [1.165, 1.54) is 18.2 Å². The number of thiazole rings is 1. The number of carbonyl (C=O) groups is 1. The fourth-order valence-electron chi connectivity index (χ4n) is 2.42. The van der Waals surface area contributed by atoms with Crippen molar-refractivity contribution in [1.82, 2.24) is 4.57 Å². The maximum Gasteiger partial charge on any atom is 0.416 e. The first kappa shape index (κ1) is 18.1. The molecule has 0 aliphatic heterocycles. The van der Waals surface area contributed by atoms with Crippen molar-refractivity contribution >= 4 is 27.5 Å². The molecule has 1 heterocycles. The third-order valence-electron chi connectivity index (χ3n) is 3.59. The Morgan fingerprint density at radius 3 is 2.69 bits per heavy atom. The van der Waals surface area contributed by atoms with Crippen LogP contribution in [0.5, 0.6) is 0 Å². The van der Waals surface area contributed by atoms with Crippen LogP contribution in [-0.4, -0.2) is 10.5 Å². The summed E-state index contributed by atoms with van der Waals surface area (Å²) >= 11 is 1.08. The van der Waals surface area contributed by atoms with Gasteiger partial charge in [0, 0.05) is 12.1 Å². The first-order valence-corrected chi connectivity index (χ1v) is 8.27. The van der Waals surface area contributed by atoms with Crippen molar-refractivity contribution in [3.05, 3.63) is 76.9 Å². The second-order valence-electron chi connectivity index (χ2n) is 5.39. The standard InChI is InChI=1S/C18H12F4N2OS/c1-2-8-24-14-7-6-13(19)10-15(14)26-17(24)23-16(25)11-4-3-5-12(9-11)18(20,21)22/h2-7,9-10H,1,8H2. The minimum absolute atomic E-state index is 0.173. The molecule has 134 valence electrons. The summed E-state index contributed by atoms with van der Waals surface area (Å²) in [6, 6.07) is 8.22. The zero-order valence-electron chi connectivity index (χ0n) is 13.3. The average Bonchev–Trinajstić information content (AvgIpc) is 2.91. The summed E-state index contributed by atoms with van der Waals surface area (Å²) in [6.07, 6.45) is -2.96. The minimum Gasteiger partial charge on any atom is -0.312 e. The Labute approximate surface area is 149 Å². The number of benzene rings is 2. The van der Waals surface area contributed by atoms with E-state index in [1.54, 1.807) is 16.7 Å². The van der Waals surface area contributed by atoms with Crippen molar-refractivity contribution < 1.29 is 22.4 Å². The topological polar surface area (TPSA) is 34.4 Å². The van der Waals surface area contributed by atoms with E-state index in [0.29, 0.717) is 16.8 Å². The van der Waals surface area contributed by atoms with Crippen LogP contribution in [0.4, 0.5) is 17.6 Å². The van der Waals surface area contributed by atoms with Crippen LogP contribution >= 0.6 is 11.3 Å². The number of nitrogens with zero attached hydrogens (tertiary/aromatic N) is 2. The minimum atomic E-state index is -4.55. The van der Waals surface area contributed by atoms with Gasteiger partial charge in [-0.05, 0) is 36.4 Å². The fraction of sp³-hybridized carbons (Fsp3) is 0.111. The predicted octanol–water partition coefficient (Wildman–Crippen LogP) is 4.79. The van der Waals surface area contributed by atoms with Crippen molar-refractivity contribution in [2.75, 3.05) is 0 Å². The number of rotatable bonds is 3. The van der Waals surface area contributed by atoms with E-state index in [2.05, 4.69) is 11.6 Å². The first-order chi connectivity index (χ1) is 12.3. The number of carbonyl (C=O) groups excluding carboxylic acids is 1. The van der Waals surface area contributed by atoms with Crippen LogP contribution in [0, 0.1) is 5.82 Å². The smallest absolute Gasteiger partial charge is 0.312 e. The van der Waals surface area contributed by atoms with Crippen molar-refractivity contribution in [2.24, 2.45) is 4.99 Å². The van der Waals surface area contributed by atoms with Gasteiger partial charge in [0.15, 0.2) is 4.80 Å². The molecule has 0 saturated heterocycles. The van der Waals surface area contributed by atoms with Crippen LogP contribution in [0.1, 0.15) is 15.9 Å². The molecule has 0 aliphatic rings. The third-order valence-corrected chi connectivity index (χ3v) is 4.63. The Morgan fingerprint density at radius 2 is 2.00 bits per heavy atom. The number of hydrogen-bond donors (Lipinski definition) is 0. The van der Waals surface area contributed by atoms with E-state index in [4.69, 9.17) is 0 Å². The number of aromatic nitrogens is 1. The lowest BCUT2D eigenvalue weighted by Crippen LogP contribution is -2.16. The molecule has 0 unspecified atom stereocenters. The maximum atomic E-state index is 13.4. The second-order valence-corrected chi connectivity index (χ2v) is 6.40. The van der Waals surface area contributed by atoms with Gasteiger partial charge in [-0.3, -0.25) is 4.79 Å². The molecule has 0 atom stereocenters. The SMILES string of the molecule is C=CCn1c(=NC(=O)c2cccc(C(F)(F)F)c2)sc2cc(F)ccc21. The Kier molecular flexibility index (Phi) is 4.78. The highest BCUT2D eigenvalue weighted by Gasteiger charge is 2.30. The summed E-state index contributed by atoms with van der Waals surface area (Å²) in [5.41, 5.74) is -0.434. The molecule has 0 saturated carbocycles. The summed E-state index contributed by atoms with van der Waals surface area (Å²) in [7, 11) is 0. The van der Waals surface area contributed by atoms with E-state index in [-0.39, 0.29) is 10.4 Å². The fourth-order valence-corrected chi connectivity index (χ4v) is 3.48. The molecule has 8 heteroatoms. The molecular formula is C18H12F4N2OS. The molecule has 3 nitrogen and oxygen atoms in total. The second kappa shape index (κ2) is 6.87. The molecule has 3 aromatic rings. The van der Waals surface area contributed by atoms with E-state index in [0.717, 1.165) is 29.5 Å². The van der Waals surface area contributed by atoms with Crippen molar-refractivity contribution in [3.8, 4) is 0 Å². The number of allylic oxidation sites excluding steroid dienone is 1. The van der Waals surface area contributed by atoms with Gasteiger partial charge in [0.25, 0.3) is 5.91 Å². The van der Waals surface area contributed by atoms with Crippen LogP contribution in [0.3, 0.4) is 0 Å². The molecule has 0 radical (unpaired) electrons. The lowest BCUT2D eigenvalue weighted by atomic mass is 10.1. The summed E-state index contributed by atoms with van der Waals surface area (Å²) in [6.45, 7) is 3.95. The van der Waals surface area contributed by atoms with Crippen LogP contribution < -0.4 is 4.80 Å². The largest absolute Gasteiger partial charge is 0.416 e. The molecule has 0 spiro atoms. The van der Waals surface area contributed by atoms with Gasteiger partial charge in [-0.25, -0.2) is 4.39 Å². The molecule has 0 fully saturated rings. The van der Waals surface area contributed by atoms with Gasteiger partial charge in [0.1, 0.15) is 5.82 Å². The molecule has 26 heavy (non-hydrogen) atoms. The van der Waals surface area contributed by atoms with Gasteiger partial charge in [0.2, 0.25) is 0 Å². The first-order valence-electron chi connectivity index (χ1n) is 7.45. The molecule has 2 aromatic carbocycles. The molecule has 0 aliphatic carbocycles. The highest BCUT2D eigenvalue weighted by atomic mass is 32.1. The van der Waals surface area contributed by atoms with Gasteiger partial charge >= 0.3 is 6.18 Å². The Hall–Kier alpha value is -2.74. The number of amides is 1. The zero-order chi connectivity index (χ0) is 18.9. The predicted molar refractivity (Wildman–Crippen MR) is 91.3 cm³/mol. The van der Waals surface area contributed by atoms with Crippen molar-refractivity contribution in [3.63, 3.8) is 0 Å². The summed E-state index contributed by atoms with van der Waals surface area (Å²) in [5, 5.41) is 0. The molecule has 0 N–H and O–H groups in total. The van der Waals surface area contributed by atoms with E-state index in [9.17, 15) is 22.4 Å². The van der Waals surface area contributed by atoms with Gasteiger partial charge in [-0.2, -0.15) is 18.2 Å². The Bertz CT molecular complexity index is 1060. The van der Waals surface area contributed by atoms with Crippen molar-refractivity contribution in [2.45, 2.75) is 12.7 Å². The van der Waals surface area contributed by atoms with Crippen LogP contribution in [0.2, 0.25) is 0 Å². The van der Waals surface area contributed by atoms with E-state index < -0.39 is 23.5 Å². The monoisotopic (exact) mass is 380 g/mol. The molecule has 1 aromatic heterocycles. The van der Waals surface area contributed by atoms with Gasteiger partial charge in [-0.1, -0.05) is 23.5 Å². The van der Waals surface area contributed by atoms with Crippen LogP contribution in [0.15, 0.2) is 60.1 Å². The summed E-state index contributed by atoms with van der Waals surface area (Å²) < 4.78 is 54.1. The van der Waals surface area contributed by atoms with Crippen LogP contribution in [-0.2, 0) is 12.7 Å². The lowest BCUT2D eigenvalue weighted by molar-refractivity contribution is -0.137. The number of halogens is 4. The summed E-state index contributed by atoms with van der Waals surface area (Å²) in [5.74, 6) is -1.24. The average molecular weight is 380 g/mol. The molecular weight excluding hydrogens is 368 g/mol. The molecule has 3 rings (SSSR count). The molecule has 0 bridgehead atoms. The van der Waals surface area contributed by atoms with Crippen molar-refractivity contribution in [1.29, 1.82) is 0 Å². The highest BCUT2D eigenvalue weighted by Crippen LogP contribution is 2.29. The lowest BCUT2D eigenvalue weighted by Gasteiger charge is -2.06. The quantitative estimate of drug-likeness (QED) is 0.475. The van der Waals surface area contributed by atoms with E-state index in [1.807, 2.05) is 0 Å². The third kappa shape index (κ3) is 3.60. The number of alkyl halides is 3. The van der Waals surface area contributed by atoms with Gasteiger partial charge in [-0.15, -0.1) is 6.58 Å². The Balaban J connectivity index is 2.11. The Morgan fingerprint density at radius 1 is 1.23 bits per heavy atom. The zero-order valence-corrected chi connectivity index (χ0v) is 14.1. The maximum absolute atomic E-state index is 13.4. The normalized spacial score (nSPS) is 12.5. The molecule has 1 amide bonds. The van der Waals surface area contributed by atoms with Crippen LogP contribution in [0.25, 0.3) is 10.2 Å². The van der Waals surface area contributed by atoms with E-state index >= 15 is 0 Å². The van der Waals surface area contributed by atoms with Gasteiger partial charge in [0.05, 0.1) is 15.8 Å². The summed E-state index contributed by atoms with van der Waals surface area (Å²) in [4.78, 5) is 16.6. The highest BCUT2D eigenvalue weighted by molar-refractivity contribution is 7.16. The number of fused-ring (bicyclic) bond motifs is 1. The number of hydrogen-bond acceptors (Lipinski definition) is 2.